The summed E-state index contributed by atoms with van der Waals surface area (Å²) in [7, 11) is 0. The fourth-order valence-corrected chi connectivity index (χ4v) is 3.02. The molecule has 3 amide bonds. The minimum absolute atomic E-state index is 0.0665. The SMILES string of the molecule is Cc1cc(C)cc(N2CC[C@@H](NC(=O)Nc3ccccc3)C2=O)c1. The summed E-state index contributed by atoms with van der Waals surface area (Å²) in [6.07, 6.45) is 0.605. The standard InChI is InChI=1S/C19H21N3O2/c1-13-10-14(2)12-16(11-13)22-9-8-17(18(22)23)21-19(24)20-15-6-4-3-5-7-15/h3-7,10-12,17H,8-9H2,1-2H3,(H2,20,21,24)/t17-/m1/s1. The minimum Gasteiger partial charge on any atom is -0.326 e. The van der Waals surface area contributed by atoms with E-state index in [0.29, 0.717) is 18.7 Å². The molecule has 2 N–H and O–H groups in total. The third-order valence-corrected chi connectivity index (χ3v) is 4.06. The van der Waals surface area contributed by atoms with E-state index in [1.165, 1.54) is 0 Å². The van der Waals surface area contributed by atoms with Gasteiger partial charge >= 0.3 is 6.03 Å². The highest BCUT2D eigenvalue weighted by Crippen LogP contribution is 2.24. The van der Waals surface area contributed by atoms with Crippen molar-refractivity contribution in [3.63, 3.8) is 0 Å². The zero-order chi connectivity index (χ0) is 17.1. The molecular formula is C19H21N3O2. The molecule has 3 rings (SSSR count). The van der Waals surface area contributed by atoms with Gasteiger partial charge in [-0.2, -0.15) is 0 Å². The summed E-state index contributed by atoms with van der Waals surface area (Å²) in [5.41, 5.74) is 3.84. The maximum Gasteiger partial charge on any atom is 0.319 e. The maximum absolute atomic E-state index is 12.6. The van der Waals surface area contributed by atoms with Crippen LogP contribution < -0.4 is 15.5 Å². The van der Waals surface area contributed by atoms with Crippen LogP contribution in [0.3, 0.4) is 0 Å². The molecular weight excluding hydrogens is 302 g/mol. The summed E-state index contributed by atoms with van der Waals surface area (Å²) in [5, 5.41) is 5.51. The number of benzene rings is 2. The van der Waals surface area contributed by atoms with E-state index < -0.39 is 6.04 Å². The van der Waals surface area contributed by atoms with Crippen LogP contribution in [0.5, 0.6) is 0 Å². The maximum atomic E-state index is 12.6. The molecule has 0 saturated carbocycles. The summed E-state index contributed by atoms with van der Waals surface area (Å²) in [6, 6.07) is 14.4. The molecule has 1 aliphatic rings. The molecule has 1 atom stereocenters. The van der Waals surface area contributed by atoms with Crippen LogP contribution in [0.15, 0.2) is 48.5 Å². The van der Waals surface area contributed by atoms with Gasteiger partial charge in [-0.25, -0.2) is 4.79 Å². The molecule has 0 unspecified atom stereocenters. The number of carbonyl (C=O) groups excluding carboxylic acids is 2. The molecule has 1 saturated heterocycles. The summed E-state index contributed by atoms with van der Waals surface area (Å²) >= 11 is 0. The van der Waals surface area contributed by atoms with E-state index >= 15 is 0 Å². The lowest BCUT2D eigenvalue weighted by molar-refractivity contribution is -0.118. The van der Waals surface area contributed by atoms with Crippen LogP contribution in [0.4, 0.5) is 16.2 Å². The molecule has 2 aromatic carbocycles. The number of hydrogen-bond acceptors (Lipinski definition) is 2. The highest BCUT2D eigenvalue weighted by atomic mass is 16.2. The number of nitrogens with one attached hydrogen (secondary N) is 2. The molecule has 24 heavy (non-hydrogen) atoms. The van der Waals surface area contributed by atoms with Crippen molar-refractivity contribution < 1.29 is 9.59 Å². The van der Waals surface area contributed by atoms with E-state index in [0.717, 1.165) is 16.8 Å². The van der Waals surface area contributed by atoms with E-state index in [9.17, 15) is 9.59 Å². The average molecular weight is 323 g/mol. The minimum atomic E-state index is -0.491. The Kier molecular flexibility index (Phi) is 4.51. The Labute approximate surface area is 141 Å². The van der Waals surface area contributed by atoms with Crippen LogP contribution >= 0.6 is 0 Å². The smallest absolute Gasteiger partial charge is 0.319 e. The lowest BCUT2D eigenvalue weighted by atomic mass is 10.1. The van der Waals surface area contributed by atoms with Crippen molar-refractivity contribution >= 4 is 23.3 Å². The van der Waals surface area contributed by atoms with Crippen molar-refractivity contribution in [2.45, 2.75) is 26.3 Å². The van der Waals surface area contributed by atoms with Crippen LogP contribution in [0, 0.1) is 13.8 Å². The lowest BCUT2D eigenvalue weighted by Gasteiger charge is -2.18. The zero-order valence-electron chi connectivity index (χ0n) is 13.9. The highest BCUT2D eigenvalue weighted by molar-refractivity contribution is 6.02. The first-order chi connectivity index (χ1) is 11.5. The van der Waals surface area contributed by atoms with Crippen LogP contribution in [-0.2, 0) is 4.79 Å². The summed E-state index contributed by atoms with van der Waals surface area (Å²) in [5.74, 6) is -0.0665. The van der Waals surface area contributed by atoms with Crippen LogP contribution in [0.25, 0.3) is 0 Å². The average Bonchev–Trinajstić information content (AvgIpc) is 2.88. The molecule has 0 spiro atoms. The molecule has 0 radical (unpaired) electrons. The molecule has 5 nitrogen and oxygen atoms in total. The van der Waals surface area contributed by atoms with Crippen LogP contribution in [0.2, 0.25) is 0 Å². The largest absolute Gasteiger partial charge is 0.326 e. The van der Waals surface area contributed by atoms with Gasteiger partial charge in [0.15, 0.2) is 0 Å². The molecule has 1 fully saturated rings. The molecule has 124 valence electrons. The number of anilines is 2. The van der Waals surface area contributed by atoms with Gasteiger partial charge in [-0.05, 0) is 55.7 Å². The second-order valence-corrected chi connectivity index (χ2v) is 6.14. The quantitative estimate of drug-likeness (QED) is 0.911. The van der Waals surface area contributed by atoms with Gasteiger partial charge in [0.05, 0.1) is 0 Å². The molecule has 2 aromatic rings. The van der Waals surface area contributed by atoms with Gasteiger partial charge in [-0.15, -0.1) is 0 Å². The molecule has 0 aromatic heterocycles. The number of nitrogens with zero attached hydrogens (tertiary/aromatic N) is 1. The normalized spacial score (nSPS) is 17.0. The highest BCUT2D eigenvalue weighted by Gasteiger charge is 2.33. The van der Waals surface area contributed by atoms with Crippen molar-refractivity contribution in [3.05, 3.63) is 59.7 Å². The van der Waals surface area contributed by atoms with Crippen LogP contribution in [0.1, 0.15) is 17.5 Å². The first-order valence-corrected chi connectivity index (χ1v) is 8.05. The molecule has 0 bridgehead atoms. The van der Waals surface area contributed by atoms with Gasteiger partial charge in [0.25, 0.3) is 0 Å². The van der Waals surface area contributed by atoms with Crippen molar-refractivity contribution in [2.75, 3.05) is 16.8 Å². The monoisotopic (exact) mass is 323 g/mol. The molecule has 0 aliphatic carbocycles. The number of hydrogen-bond donors (Lipinski definition) is 2. The summed E-state index contributed by atoms with van der Waals surface area (Å²) < 4.78 is 0. The van der Waals surface area contributed by atoms with Crippen LogP contribution in [-0.4, -0.2) is 24.5 Å². The van der Waals surface area contributed by atoms with Gasteiger partial charge < -0.3 is 15.5 Å². The molecule has 1 heterocycles. The third-order valence-electron chi connectivity index (χ3n) is 4.06. The Hall–Kier alpha value is -2.82. The first-order valence-electron chi connectivity index (χ1n) is 8.05. The fourth-order valence-electron chi connectivity index (χ4n) is 3.02. The van der Waals surface area contributed by atoms with Crippen molar-refractivity contribution in [1.29, 1.82) is 0 Å². The predicted octanol–water partition coefficient (Wildman–Crippen LogP) is 3.23. The van der Waals surface area contributed by atoms with Crippen molar-refractivity contribution in [1.82, 2.24) is 5.32 Å². The number of para-hydroxylation sites is 1. The predicted molar refractivity (Wildman–Crippen MR) is 95.3 cm³/mol. The van der Waals surface area contributed by atoms with Gasteiger partial charge in [-0.3, -0.25) is 4.79 Å². The number of amides is 3. The second-order valence-electron chi connectivity index (χ2n) is 6.14. The summed E-state index contributed by atoms with van der Waals surface area (Å²) in [6.45, 7) is 4.64. The van der Waals surface area contributed by atoms with Gasteiger partial charge in [0.1, 0.15) is 6.04 Å². The van der Waals surface area contributed by atoms with E-state index in [4.69, 9.17) is 0 Å². The van der Waals surface area contributed by atoms with Gasteiger partial charge in [0.2, 0.25) is 5.91 Å². The fraction of sp³-hybridized carbons (Fsp3) is 0.263. The Morgan fingerprint density at radius 2 is 1.75 bits per heavy atom. The Balaban J connectivity index is 1.64. The first kappa shape index (κ1) is 16.1. The van der Waals surface area contributed by atoms with Crippen molar-refractivity contribution in [3.8, 4) is 0 Å². The Bertz CT molecular complexity index is 738. The lowest BCUT2D eigenvalue weighted by Crippen LogP contribution is -2.43. The zero-order valence-corrected chi connectivity index (χ0v) is 13.9. The molecule has 1 aliphatic heterocycles. The number of carbonyl (C=O) groups is 2. The van der Waals surface area contributed by atoms with E-state index in [-0.39, 0.29) is 11.9 Å². The topological polar surface area (TPSA) is 61.4 Å². The number of urea groups is 1. The van der Waals surface area contributed by atoms with E-state index in [2.05, 4.69) is 16.7 Å². The van der Waals surface area contributed by atoms with E-state index in [1.807, 2.05) is 44.2 Å². The Morgan fingerprint density at radius 3 is 2.42 bits per heavy atom. The second kappa shape index (κ2) is 6.74. The summed E-state index contributed by atoms with van der Waals surface area (Å²) in [4.78, 5) is 26.4. The molecule has 5 heteroatoms. The number of rotatable bonds is 3. The van der Waals surface area contributed by atoms with Gasteiger partial charge in [0, 0.05) is 17.9 Å². The Morgan fingerprint density at radius 1 is 1.08 bits per heavy atom. The van der Waals surface area contributed by atoms with Crippen molar-refractivity contribution in [2.24, 2.45) is 0 Å². The van der Waals surface area contributed by atoms with E-state index in [1.54, 1.807) is 17.0 Å². The third kappa shape index (κ3) is 3.56. The number of aryl methyl sites for hydroxylation is 2. The van der Waals surface area contributed by atoms with Gasteiger partial charge in [-0.1, -0.05) is 24.3 Å².